The lowest BCUT2D eigenvalue weighted by Gasteiger charge is -2.24. The lowest BCUT2D eigenvalue weighted by Crippen LogP contribution is -2.31. The molecule has 0 saturated carbocycles. The van der Waals surface area contributed by atoms with Gasteiger partial charge >= 0.3 is 0 Å². The normalized spacial score (nSPS) is 18.0. The predicted octanol–water partition coefficient (Wildman–Crippen LogP) is 4.36. The lowest BCUT2D eigenvalue weighted by atomic mass is 9.91. The number of hydrogen-bond acceptors (Lipinski definition) is 1. The molecule has 0 fully saturated rings. The van der Waals surface area contributed by atoms with Crippen LogP contribution in [0.2, 0.25) is 5.02 Å². The molecule has 3 rings (SSSR count). The fourth-order valence-corrected chi connectivity index (χ4v) is 3.38. The van der Waals surface area contributed by atoms with Gasteiger partial charge in [0.25, 0.3) is 0 Å². The molecule has 21 heavy (non-hydrogen) atoms. The summed E-state index contributed by atoms with van der Waals surface area (Å²) < 4.78 is 0. The number of hydrogen-bond donors (Lipinski definition) is 2. The van der Waals surface area contributed by atoms with Crippen LogP contribution in [0.3, 0.4) is 0 Å². The molecule has 0 aliphatic heterocycles. The van der Waals surface area contributed by atoms with Gasteiger partial charge < -0.3 is 10.3 Å². The molecule has 0 spiro atoms. The first-order chi connectivity index (χ1) is 10.0. The molecule has 1 aliphatic rings. The minimum Gasteiger partial charge on any atom is -0.356 e. The van der Waals surface area contributed by atoms with Crippen molar-refractivity contribution in [3.8, 4) is 0 Å². The quantitative estimate of drug-likeness (QED) is 0.869. The summed E-state index contributed by atoms with van der Waals surface area (Å²) in [6.45, 7) is 4.13. The van der Waals surface area contributed by atoms with Gasteiger partial charge in [-0.25, -0.2) is 0 Å². The Morgan fingerprint density at radius 2 is 2.29 bits per heavy atom. The van der Waals surface area contributed by atoms with Gasteiger partial charge in [0.05, 0.1) is 6.04 Å². The van der Waals surface area contributed by atoms with Crippen molar-refractivity contribution in [1.82, 2.24) is 10.3 Å². The molecule has 1 amide bonds. The topological polar surface area (TPSA) is 44.9 Å². The van der Waals surface area contributed by atoms with Gasteiger partial charge in [-0.3, -0.25) is 4.79 Å². The van der Waals surface area contributed by atoms with Crippen LogP contribution in [0.25, 0.3) is 10.9 Å². The highest BCUT2D eigenvalue weighted by atomic mass is 35.5. The first-order valence-corrected chi connectivity index (χ1v) is 8.01. The van der Waals surface area contributed by atoms with Crippen LogP contribution >= 0.6 is 11.6 Å². The average molecular weight is 305 g/mol. The van der Waals surface area contributed by atoms with E-state index in [4.69, 9.17) is 11.6 Å². The summed E-state index contributed by atoms with van der Waals surface area (Å²) in [5, 5.41) is 5.13. The fraction of sp³-hybridized carbons (Fsp3) is 0.471. The molecule has 1 aromatic carbocycles. The number of aromatic amines is 1. The number of nitrogens with one attached hydrogen (secondary N) is 2. The number of halogens is 1. The molecule has 112 valence electrons. The van der Waals surface area contributed by atoms with E-state index < -0.39 is 0 Å². The van der Waals surface area contributed by atoms with Crippen molar-refractivity contribution in [3.05, 3.63) is 34.5 Å². The predicted molar refractivity (Wildman–Crippen MR) is 86.6 cm³/mol. The molecule has 0 radical (unpaired) electrons. The Labute approximate surface area is 130 Å². The largest absolute Gasteiger partial charge is 0.356 e. The van der Waals surface area contributed by atoms with E-state index in [1.54, 1.807) is 0 Å². The molecule has 2 N–H and O–H groups in total. The van der Waals surface area contributed by atoms with Crippen LogP contribution < -0.4 is 5.32 Å². The van der Waals surface area contributed by atoms with Gasteiger partial charge in [-0.1, -0.05) is 25.4 Å². The number of H-pyrrole nitrogens is 1. The number of carbonyl (C=O) groups excluding carboxylic acids is 1. The summed E-state index contributed by atoms with van der Waals surface area (Å²) in [5.74, 6) is 0.522. The van der Waals surface area contributed by atoms with Crippen molar-refractivity contribution in [1.29, 1.82) is 0 Å². The number of aromatic nitrogens is 1. The van der Waals surface area contributed by atoms with E-state index in [-0.39, 0.29) is 11.9 Å². The summed E-state index contributed by atoms with van der Waals surface area (Å²) in [6.07, 6.45) is 3.72. The Morgan fingerprint density at radius 3 is 3.05 bits per heavy atom. The molecular formula is C17H21ClN2O. The second-order valence-corrected chi connectivity index (χ2v) is 6.75. The van der Waals surface area contributed by atoms with Crippen LogP contribution in [0, 0.1) is 5.92 Å². The maximum Gasteiger partial charge on any atom is 0.220 e. The third-order valence-corrected chi connectivity index (χ3v) is 4.33. The van der Waals surface area contributed by atoms with Crippen LogP contribution in [0.1, 0.15) is 50.4 Å². The van der Waals surface area contributed by atoms with E-state index in [0.29, 0.717) is 12.3 Å². The van der Waals surface area contributed by atoms with Gasteiger partial charge in [-0.05, 0) is 48.9 Å². The van der Waals surface area contributed by atoms with E-state index in [1.807, 2.05) is 18.2 Å². The maximum absolute atomic E-state index is 12.1. The summed E-state index contributed by atoms with van der Waals surface area (Å²) in [6, 6.07) is 6.04. The molecule has 0 saturated heterocycles. The molecule has 1 aromatic heterocycles. The molecule has 2 aromatic rings. The monoisotopic (exact) mass is 304 g/mol. The molecule has 0 unspecified atom stereocenters. The summed E-state index contributed by atoms with van der Waals surface area (Å²) >= 11 is 6.11. The first-order valence-electron chi connectivity index (χ1n) is 7.64. The highest BCUT2D eigenvalue weighted by Crippen LogP contribution is 2.35. The third-order valence-electron chi connectivity index (χ3n) is 4.10. The lowest BCUT2D eigenvalue weighted by molar-refractivity contribution is -0.122. The van der Waals surface area contributed by atoms with Gasteiger partial charge in [0.15, 0.2) is 0 Å². The van der Waals surface area contributed by atoms with Crippen molar-refractivity contribution in [3.63, 3.8) is 0 Å². The van der Waals surface area contributed by atoms with Crippen molar-refractivity contribution in [2.45, 2.75) is 45.6 Å². The maximum atomic E-state index is 12.1. The molecule has 1 atom stereocenters. The van der Waals surface area contributed by atoms with E-state index in [2.05, 4.69) is 24.1 Å². The van der Waals surface area contributed by atoms with Crippen LogP contribution in [-0.2, 0) is 11.2 Å². The molecule has 4 heteroatoms. The summed E-state index contributed by atoms with van der Waals surface area (Å²) in [7, 11) is 0. The number of rotatable bonds is 3. The molecule has 0 bridgehead atoms. The van der Waals surface area contributed by atoms with Crippen molar-refractivity contribution < 1.29 is 4.79 Å². The van der Waals surface area contributed by atoms with Crippen molar-refractivity contribution in [2.24, 2.45) is 5.92 Å². The third kappa shape index (κ3) is 2.93. The number of amides is 1. The smallest absolute Gasteiger partial charge is 0.220 e. The van der Waals surface area contributed by atoms with E-state index in [0.717, 1.165) is 35.5 Å². The average Bonchev–Trinajstić information content (AvgIpc) is 2.77. The highest BCUT2D eigenvalue weighted by Gasteiger charge is 2.25. The molecule has 1 aliphatic carbocycles. The Bertz CT molecular complexity index is 675. The number of aryl methyl sites for hydroxylation is 1. The number of benzene rings is 1. The Hall–Kier alpha value is -1.48. The molecular weight excluding hydrogens is 284 g/mol. The van der Waals surface area contributed by atoms with Crippen LogP contribution in [-0.4, -0.2) is 10.9 Å². The van der Waals surface area contributed by atoms with Gasteiger partial charge in [0.1, 0.15) is 0 Å². The Balaban J connectivity index is 1.91. The SMILES string of the molecule is CC(C)CC(=O)N[C@@H]1CCCc2c1[nH]c1ccc(Cl)cc21. The standard InChI is InChI=1S/C17H21ClN2O/c1-10(2)8-16(21)19-15-5-3-4-12-13-9-11(18)6-7-14(13)20-17(12)15/h6-7,9-10,15,20H,3-5,8H2,1-2H3,(H,19,21)/t15-/m1/s1. The minimum absolute atomic E-state index is 0.103. The zero-order valence-electron chi connectivity index (χ0n) is 12.5. The zero-order valence-corrected chi connectivity index (χ0v) is 13.3. The molecule has 1 heterocycles. The summed E-state index contributed by atoms with van der Waals surface area (Å²) in [5.41, 5.74) is 3.58. The summed E-state index contributed by atoms with van der Waals surface area (Å²) in [4.78, 5) is 15.5. The molecule has 3 nitrogen and oxygen atoms in total. The minimum atomic E-state index is 0.103. The van der Waals surface area contributed by atoms with Gasteiger partial charge in [0, 0.05) is 28.0 Å². The second-order valence-electron chi connectivity index (χ2n) is 6.32. The van der Waals surface area contributed by atoms with Crippen LogP contribution in [0.5, 0.6) is 0 Å². The van der Waals surface area contributed by atoms with E-state index >= 15 is 0 Å². The number of fused-ring (bicyclic) bond motifs is 3. The van der Waals surface area contributed by atoms with Crippen molar-refractivity contribution >= 4 is 28.4 Å². The van der Waals surface area contributed by atoms with Gasteiger partial charge in [0.2, 0.25) is 5.91 Å². The fourth-order valence-electron chi connectivity index (χ4n) is 3.20. The van der Waals surface area contributed by atoms with Crippen LogP contribution in [0.15, 0.2) is 18.2 Å². The van der Waals surface area contributed by atoms with Crippen LogP contribution in [0.4, 0.5) is 0 Å². The first kappa shape index (κ1) is 14.5. The Morgan fingerprint density at radius 1 is 1.48 bits per heavy atom. The van der Waals surface area contributed by atoms with E-state index in [1.165, 1.54) is 10.9 Å². The Kier molecular flexibility index (Phi) is 3.94. The second kappa shape index (κ2) is 5.72. The highest BCUT2D eigenvalue weighted by molar-refractivity contribution is 6.31. The van der Waals surface area contributed by atoms with Gasteiger partial charge in [-0.15, -0.1) is 0 Å². The number of carbonyl (C=O) groups is 1. The zero-order chi connectivity index (χ0) is 15.0. The van der Waals surface area contributed by atoms with E-state index in [9.17, 15) is 4.79 Å². The van der Waals surface area contributed by atoms with Crippen molar-refractivity contribution in [2.75, 3.05) is 0 Å². The van der Waals surface area contributed by atoms with Gasteiger partial charge in [-0.2, -0.15) is 0 Å².